The Labute approximate surface area is 209 Å². The van der Waals surface area contributed by atoms with Crippen LogP contribution in [0.5, 0.6) is 0 Å². The molecule has 6 rings (SSSR count). The average molecular weight is 484 g/mol. The minimum Gasteiger partial charge on any atom is -0.477 e. The van der Waals surface area contributed by atoms with Crippen molar-refractivity contribution in [3.63, 3.8) is 0 Å². The van der Waals surface area contributed by atoms with Crippen molar-refractivity contribution in [3.8, 4) is 16.8 Å². The van der Waals surface area contributed by atoms with Gasteiger partial charge in [-0.05, 0) is 61.6 Å². The Kier molecular flexibility index (Phi) is 5.89. The third-order valence-electron chi connectivity index (χ3n) is 7.54. The highest BCUT2D eigenvalue weighted by Crippen LogP contribution is 2.42. The van der Waals surface area contributed by atoms with E-state index in [-0.39, 0.29) is 5.69 Å². The standard InChI is InChI=1S/C28H29N5O3/c1-32(20-12-14-36-15-13-20)24-11-10-19(17-29-24)22-16-23(28(34)35)30-27-25(22)26(18-6-5-7-18)31-33(27)21-8-3-2-4-9-21/h2-4,8-11,16-18,20H,5-7,12-15H2,1H3,(H,34,35). The lowest BCUT2D eigenvalue weighted by molar-refractivity contribution is 0.0691. The largest absolute Gasteiger partial charge is 0.477 e. The molecule has 1 saturated heterocycles. The molecule has 0 unspecified atom stereocenters. The average Bonchev–Trinajstić information content (AvgIpc) is 3.27. The SMILES string of the molecule is CN(c1ccc(-c2cc(C(=O)O)nc3c2c(C2CCC2)nn3-c2ccccc2)cn1)C1CCOCC1. The van der Waals surface area contributed by atoms with Crippen LogP contribution in [0.25, 0.3) is 27.8 Å². The second-order valence-electron chi connectivity index (χ2n) is 9.68. The fraction of sp³-hybridized carbons (Fsp3) is 0.357. The summed E-state index contributed by atoms with van der Waals surface area (Å²) in [5.41, 5.74) is 4.10. The van der Waals surface area contributed by atoms with Gasteiger partial charge >= 0.3 is 5.97 Å². The number of hydrogen-bond donors (Lipinski definition) is 1. The highest BCUT2D eigenvalue weighted by molar-refractivity contribution is 6.00. The van der Waals surface area contributed by atoms with Gasteiger partial charge in [0.05, 0.1) is 16.8 Å². The van der Waals surface area contributed by atoms with Crippen molar-refractivity contribution >= 4 is 22.8 Å². The Morgan fingerprint density at radius 3 is 2.50 bits per heavy atom. The van der Waals surface area contributed by atoms with Crippen molar-refractivity contribution in [2.45, 2.75) is 44.1 Å². The van der Waals surface area contributed by atoms with E-state index in [4.69, 9.17) is 14.8 Å². The molecule has 3 aromatic heterocycles. The molecule has 184 valence electrons. The van der Waals surface area contributed by atoms with E-state index in [1.807, 2.05) is 48.7 Å². The van der Waals surface area contributed by atoms with Crippen LogP contribution in [0.15, 0.2) is 54.7 Å². The van der Waals surface area contributed by atoms with Gasteiger partial charge in [-0.1, -0.05) is 24.6 Å². The van der Waals surface area contributed by atoms with Gasteiger partial charge in [-0.25, -0.2) is 19.4 Å². The Morgan fingerprint density at radius 1 is 1.08 bits per heavy atom. The van der Waals surface area contributed by atoms with Crippen molar-refractivity contribution in [2.24, 2.45) is 0 Å². The number of benzene rings is 1. The van der Waals surface area contributed by atoms with E-state index in [1.54, 1.807) is 10.7 Å². The van der Waals surface area contributed by atoms with Crippen LogP contribution in [0.2, 0.25) is 0 Å². The van der Waals surface area contributed by atoms with Crippen molar-refractivity contribution in [1.29, 1.82) is 0 Å². The van der Waals surface area contributed by atoms with Gasteiger partial charge < -0.3 is 14.7 Å². The van der Waals surface area contributed by atoms with Crippen LogP contribution in [0.4, 0.5) is 5.82 Å². The Balaban J connectivity index is 1.49. The summed E-state index contributed by atoms with van der Waals surface area (Å²) < 4.78 is 7.29. The highest BCUT2D eigenvalue weighted by atomic mass is 16.5. The van der Waals surface area contributed by atoms with Gasteiger partial charge in [0.25, 0.3) is 0 Å². The number of aromatic carboxylic acids is 1. The molecule has 36 heavy (non-hydrogen) atoms. The van der Waals surface area contributed by atoms with Gasteiger partial charge in [0.1, 0.15) is 5.82 Å². The van der Waals surface area contributed by atoms with Gasteiger partial charge in [0, 0.05) is 44.0 Å². The quantitative estimate of drug-likeness (QED) is 0.410. The maximum atomic E-state index is 12.1. The first-order valence-corrected chi connectivity index (χ1v) is 12.6. The molecule has 0 spiro atoms. The number of nitrogens with zero attached hydrogens (tertiary/aromatic N) is 5. The number of pyridine rings is 2. The summed E-state index contributed by atoms with van der Waals surface area (Å²) in [6.45, 7) is 1.55. The minimum absolute atomic E-state index is 0.00172. The molecule has 2 aliphatic rings. The van der Waals surface area contributed by atoms with Gasteiger partial charge in [0.15, 0.2) is 11.3 Å². The zero-order valence-electron chi connectivity index (χ0n) is 20.3. The van der Waals surface area contributed by atoms with Crippen LogP contribution in [-0.4, -0.2) is 57.1 Å². The molecule has 1 saturated carbocycles. The molecule has 8 heteroatoms. The zero-order chi connectivity index (χ0) is 24.6. The monoisotopic (exact) mass is 483 g/mol. The van der Waals surface area contributed by atoms with Crippen LogP contribution >= 0.6 is 0 Å². The summed E-state index contributed by atoms with van der Waals surface area (Å²) in [7, 11) is 2.07. The summed E-state index contributed by atoms with van der Waals surface area (Å²) >= 11 is 0. The number of ether oxygens (including phenoxy) is 1. The van der Waals surface area contributed by atoms with Gasteiger partial charge in [-0.2, -0.15) is 5.10 Å². The molecule has 1 aromatic carbocycles. The second-order valence-corrected chi connectivity index (χ2v) is 9.68. The number of rotatable bonds is 6. The number of carboxylic acids is 1. The summed E-state index contributed by atoms with van der Waals surface area (Å²) in [5, 5.41) is 15.8. The Bertz CT molecular complexity index is 1390. The molecule has 8 nitrogen and oxygen atoms in total. The fourth-order valence-corrected chi connectivity index (χ4v) is 5.21. The van der Waals surface area contributed by atoms with Gasteiger partial charge in [0.2, 0.25) is 0 Å². The van der Waals surface area contributed by atoms with E-state index < -0.39 is 5.97 Å². The van der Waals surface area contributed by atoms with Crippen LogP contribution in [0.3, 0.4) is 0 Å². The molecule has 0 atom stereocenters. The molecule has 0 radical (unpaired) electrons. The third-order valence-corrected chi connectivity index (χ3v) is 7.54. The Morgan fingerprint density at radius 2 is 1.86 bits per heavy atom. The number of hydrogen-bond acceptors (Lipinski definition) is 6. The molecule has 4 heterocycles. The maximum absolute atomic E-state index is 12.1. The van der Waals surface area contributed by atoms with Crippen molar-refractivity contribution in [2.75, 3.05) is 25.2 Å². The Hall–Kier alpha value is -3.78. The molecule has 1 aliphatic carbocycles. The van der Waals surface area contributed by atoms with Crippen molar-refractivity contribution in [3.05, 3.63) is 66.1 Å². The van der Waals surface area contributed by atoms with Crippen LogP contribution in [0.1, 0.15) is 54.2 Å². The summed E-state index contributed by atoms with van der Waals surface area (Å²) in [6.07, 6.45) is 7.14. The smallest absolute Gasteiger partial charge is 0.354 e. The number of carbonyl (C=O) groups is 1. The maximum Gasteiger partial charge on any atom is 0.354 e. The van der Waals surface area contributed by atoms with Crippen molar-refractivity contribution < 1.29 is 14.6 Å². The van der Waals surface area contributed by atoms with Gasteiger partial charge in [-0.3, -0.25) is 0 Å². The van der Waals surface area contributed by atoms with E-state index in [0.717, 1.165) is 72.6 Å². The van der Waals surface area contributed by atoms with Gasteiger partial charge in [-0.15, -0.1) is 0 Å². The lowest BCUT2D eigenvalue weighted by atomic mass is 9.81. The highest BCUT2D eigenvalue weighted by Gasteiger charge is 2.29. The third kappa shape index (κ3) is 4.01. The number of fused-ring (bicyclic) bond motifs is 1. The normalized spacial score (nSPS) is 16.7. The molecule has 0 bridgehead atoms. The molecule has 2 fully saturated rings. The zero-order valence-corrected chi connectivity index (χ0v) is 20.3. The van der Waals surface area contributed by atoms with E-state index in [9.17, 15) is 9.90 Å². The number of para-hydroxylation sites is 1. The molecular weight excluding hydrogens is 454 g/mol. The first kappa shape index (κ1) is 22.7. The molecule has 4 aromatic rings. The van der Waals surface area contributed by atoms with E-state index in [0.29, 0.717) is 17.6 Å². The second kappa shape index (κ2) is 9.35. The van der Waals surface area contributed by atoms with Crippen LogP contribution in [-0.2, 0) is 4.74 Å². The number of carboxylic acid groups (broad SMARTS) is 1. The number of aromatic nitrogens is 4. The topological polar surface area (TPSA) is 93.4 Å². The number of anilines is 1. The van der Waals surface area contributed by atoms with E-state index in [1.165, 1.54) is 6.42 Å². The molecule has 1 N–H and O–H groups in total. The van der Waals surface area contributed by atoms with Crippen LogP contribution in [0, 0.1) is 0 Å². The van der Waals surface area contributed by atoms with Crippen LogP contribution < -0.4 is 4.90 Å². The van der Waals surface area contributed by atoms with Crippen molar-refractivity contribution in [1.82, 2.24) is 19.7 Å². The lowest BCUT2D eigenvalue weighted by Gasteiger charge is -2.32. The molecular formula is C28H29N5O3. The van der Waals surface area contributed by atoms with E-state index >= 15 is 0 Å². The summed E-state index contributed by atoms with van der Waals surface area (Å²) in [5.74, 6) is 0.183. The summed E-state index contributed by atoms with van der Waals surface area (Å²) in [4.78, 5) is 23.6. The predicted octanol–water partition coefficient (Wildman–Crippen LogP) is 5.06. The summed E-state index contributed by atoms with van der Waals surface area (Å²) in [6, 6.07) is 15.9. The lowest BCUT2D eigenvalue weighted by Crippen LogP contribution is -2.37. The first-order valence-electron chi connectivity index (χ1n) is 12.6. The predicted molar refractivity (Wildman–Crippen MR) is 138 cm³/mol. The molecule has 1 aliphatic heterocycles. The first-order chi connectivity index (χ1) is 17.6. The van der Waals surface area contributed by atoms with E-state index in [2.05, 4.69) is 16.9 Å². The molecule has 0 amide bonds. The minimum atomic E-state index is -1.06. The fourth-order valence-electron chi connectivity index (χ4n) is 5.21.